The second-order valence-electron chi connectivity index (χ2n) is 3.49. The van der Waals surface area contributed by atoms with E-state index in [1.54, 1.807) is 0 Å². The molecule has 0 N–H and O–H groups in total. The van der Waals surface area contributed by atoms with Gasteiger partial charge in [-0.15, -0.1) is 0 Å². The van der Waals surface area contributed by atoms with Gasteiger partial charge in [-0.3, -0.25) is 4.79 Å². The van der Waals surface area contributed by atoms with Gasteiger partial charge < -0.3 is 14.2 Å². The van der Waals surface area contributed by atoms with Gasteiger partial charge in [0.25, 0.3) is 0 Å². The summed E-state index contributed by atoms with van der Waals surface area (Å²) in [5, 5.41) is 0. The Bertz CT molecular complexity index is 159. The van der Waals surface area contributed by atoms with Crippen LogP contribution in [-0.2, 0) is 19.0 Å². The van der Waals surface area contributed by atoms with Crippen LogP contribution in [0.2, 0.25) is 0 Å². The van der Waals surface area contributed by atoms with Gasteiger partial charge in [0.1, 0.15) is 6.61 Å². The Balaban J connectivity index is 3.09. The van der Waals surface area contributed by atoms with Crippen molar-refractivity contribution >= 4 is 5.97 Å². The molecule has 0 aliphatic carbocycles. The maximum Gasteiger partial charge on any atom is 0.305 e. The number of esters is 1. The summed E-state index contributed by atoms with van der Waals surface area (Å²) in [5.41, 5.74) is 0. The SMILES string of the molecule is CCCCCC(=O)OCCOCCOCC. The monoisotopic (exact) mass is 232 g/mol. The summed E-state index contributed by atoms with van der Waals surface area (Å²) in [6, 6.07) is 0. The molecule has 0 amide bonds. The third-order valence-corrected chi connectivity index (χ3v) is 2.05. The molecule has 0 spiro atoms. The van der Waals surface area contributed by atoms with E-state index in [0.717, 1.165) is 19.3 Å². The lowest BCUT2D eigenvalue weighted by Gasteiger charge is -2.06. The standard InChI is InChI=1S/C12H24O4/c1-3-5-6-7-12(13)16-11-10-15-9-8-14-4-2/h3-11H2,1-2H3. The van der Waals surface area contributed by atoms with Crippen LogP contribution in [0.3, 0.4) is 0 Å². The third-order valence-electron chi connectivity index (χ3n) is 2.05. The van der Waals surface area contributed by atoms with Crippen molar-refractivity contribution in [2.75, 3.05) is 33.0 Å². The van der Waals surface area contributed by atoms with E-state index in [0.29, 0.717) is 39.5 Å². The molecule has 0 aliphatic heterocycles. The Hall–Kier alpha value is -0.610. The predicted molar refractivity (Wildman–Crippen MR) is 62.4 cm³/mol. The van der Waals surface area contributed by atoms with Crippen LogP contribution >= 0.6 is 0 Å². The molecule has 0 bridgehead atoms. The zero-order valence-corrected chi connectivity index (χ0v) is 10.5. The minimum atomic E-state index is -0.123. The molecule has 0 aromatic heterocycles. The molecule has 16 heavy (non-hydrogen) atoms. The van der Waals surface area contributed by atoms with Crippen molar-refractivity contribution in [1.29, 1.82) is 0 Å². The van der Waals surface area contributed by atoms with Crippen LogP contribution in [-0.4, -0.2) is 39.0 Å². The average Bonchev–Trinajstić information content (AvgIpc) is 2.28. The quantitative estimate of drug-likeness (QED) is 0.404. The largest absolute Gasteiger partial charge is 0.463 e. The van der Waals surface area contributed by atoms with Crippen LogP contribution < -0.4 is 0 Å². The fourth-order valence-electron chi connectivity index (χ4n) is 1.17. The topological polar surface area (TPSA) is 44.8 Å². The molecule has 0 aromatic carbocycles. The molecule has 0 saturated carbocycles. The van der Waals surface area contributed by atoms with E-state index in [9.17, 15) is 4.79 Å². The second-order valence-corrected chi connectivity index (χ2v) is 3.49. The molecule has 0 fully saturated rings. The van der Waals surface area contributed by atoms with Gasteiger partial charge in [0.2, 0.25) is 0 Å². The van der Waals surface area contributed by atoms with Gasteiger partial charge >= 0.3 is 5.97 Å². The zero-order chi connectivity index (χ0) is 12.1. The number of ether oxygens (including phenoxy) is 3. The highest BCUT2D eigenvalue weighted by Gasteiger charge is 2.01. The van der Waals surface area contributed by atoms with Gasteiger partial charge in [-0.2, -0.15) is 0 Å². The van der Waals surface area contributed by atoms with E-state index in [1.807, 2.05) is 6.92 Å². The summed E-state index contributed by atoms with van der Waals surface area (Å²) in [6.07, 6.45) is 3.64. The fourth-order valence-corrected chi connectivity index (χ4v) is 1.17. The van der Waals surface area contributed by atoms with E-state index < -0.39 is 0 Å². The van der Waals surface area contributed by atoms with Gasteiger partial charge in [0.05, 0.1) is 19.8 Å². The second kappa shape index (κ2) is 12.5. The molecular weight excluding hydrogens is 208 g/mol. The Morgan fingerprint density at radius 2 is 1.62 bits per heavy atom. The summed E-state index contributed by atoms with van der Waals surface area (Å²) < 4.78 is 15.3. The minimum Gasteiger partial charge on any atom is -0.463 e. The van der Waals surface area contributed by atoms with Crippen molar-refractivity contribution in [2.45, 2.75) is 39.5 Å². The molecule has 0 atom stereocenters. The van der Waals surface area contributed by atoms with Crippen molar-refractivity contribution < 1.29 is 19.0 Å². The van der Waals surface area contributed by atoms with Gasteiger partial charge in [0.15, 0.2) is 0 Å². The summed E-state index contributed by atoms with van der Waals surface area (Å²) in [6.45, 7) is 6.71. The highest BCUT2D eigenvalue weighted by atomic mass is 16.6. The summed E-state index contributed by atoms with van der Waals surface area (Å²) >= 11 is 0. The van der Waals surface area contributed by atoms with Crippen molar-refractivity contribution in [3.8, 4) is 0 Å². The smallest absolute Gasteiger partial charge is 0.305 e. The van der Waals surface area contributed by atoms with Crippen molar-refractivity contribution in [3.05, 3.63) is 0 Å². The lowest BCUT2D eigenvalue weighted by Crippen LogP contribution is -2.12. The van der Waals surface area contributed by atoms with Crippen LogP contribution in [0.25, 0.3) is 0 Å². The summed E-state index contributed by atoms with van der Waals surface area (Å²) in [7, 11) is 0. The molecule has 0 rings (SSSR count). The van der Waals surface area contributed by atoms with Crippen molar-refractivity contribution in [3.63, 3.8) is 0 Å². The maximum atomic E-state index is 11.2. The molecule has 0 unspecified atom stereocenters. The Labute approximate surface area is 98.3 Å². The van der Waals surface area contributed by atoms with E-state index in [4.69, 9.17) is 14.2 Å². The lowest BCUT2D eigenvalue weighted by atomic mass is 10.2. The molecule has 0 saturated heterocycles. The molecule has 96 valence electrons. The zero-order valence-electron chi connectivity index (χ0n) is 10.5. The van der Waals surface area contributed by atoms with Gasteiger partial charge in [0, 0.05) is 13.0 Å². The average molecular weight is 232 g/mol. The highest BCUT2D eigenvalue weighted by Crippen LogP contribution is 2.00. The van der Waals surface area contributed by atoms with Crippen LogP contribution in [0, 0.1) is 0 Å². The third kappa shape index (κ3) is 11.5. The number of unbranched alkanes of at least 4 members (excludes halogenated alkanes) is 2. The number of carbonyl (C=O) groups excluding carboxylic acids is 1. The molecule has 4 heteroatoms. The Morgan fingerprint density at radius 1 is 0.938 bits per heavy atom. The predicted octanol–water partition coefficient (Wildman–Crippen LogP) is 2.16. The van der Waals surface area contributed by atoms with Crippen LogP contribution in [0.1, 0.15) is 39.5 Å². The van der Waals surface area contributed by atoms with E-state index >= 15 is 0 Å². The minimum absolute atomic E-state index is 0.123. The number of hydrogen-bond donors (Lipinski definition) is 0. The molecular formula is C12H24O4. The number of carbonyl (C=O) groups is 1. The van der Waals surface area contributed by atoms with Gasteiger partial charge in [-0.25, -0.2) is 0 Å². The first kappa shape index (κ1) is 15.4. The maximum absolute atomic E-state index is 11.2. The fraction of sp³-hybridized carbons (Fsp3) is 0.917. The molecule has 0 heterocycles. The number of rotatable bonds is 11. The molecule has 0 radical (unpaired) electrons. The lowest BCUT2D eigenvalue weighted by molar-refractivity contribution is -0.145. The first-order chi connectivity index (χ1) is 7.81. The summed E-state index contributed by atoms with van der Waals surface area (Å²) in [4.78, 5) is 11.2. The van der Waals surface area contributed by atoms with E-state index in [1.165, 1.54) is 0 Å². The number of hydrogen-bond acceptors (Lipinski definition) is 4. The molecule has 0 aliphatic rings. The Morgan fingerprint density at radius 3 is 2.31 bits per heavy atom. The Kier molecular flexibility index (Phi) is 12.0. The van der Waals surface area contributed by atoms with Crippen LogP contribution in [0.15, 0.2) is 0 Å². The van der Waals surface area contributed by atoms with E-state index in [2.05, 4.69) is 6.92 Å². The van der Waals surface area contributed by atoms with Crippen LogP contribution in [0.5, 0.6) is 0 Å². The van der Waals surface area contributed by atoms with Gasteiger partial charge in [-0.05, 0) is 13.3 Å². The van der Waals surface area contributed by atoms with Gasteiger partial charge in [-0.1, -0.05) is 19.8 Å². The molecule has 0 aromatic rings. The highest BCUT2D eigenvalue weighted by molar-refractivity contribution is 5.69. The normalized spacial score (nSPS) is 10.4. The van der Waals surface area contributed by atoms with E-state index in [-0.39, 0.29) is 5.97 Å². The van der Waals surface area contributed by atoms with Crippen molar-refractivity contribution in [2.24, 2.45) is 0 Å². The molecule has 4 nitrogen and oxygen atoms in total. The van der Waals surface area contributed by atoms with Crippen LogP contribution in [0.4, 0.5) is 0 Å². The first-order valence-corrected chi connectivity index (χ1v) is 6.12. The summed E-state index contributed by atoms with van der Waals surface area (Å²) in [5.74, 6) is -0.123. The first-order valence-electron chi connectivity index (χ1n) is 6.12. The van der Waals surface area contributed by atoms with Crippen molar-refractivity contribution in [1.82, 2.24) is 0 Å².